The van der Waals surface area contributed by atoms with E-state index in [4.69, 9.17) is 0 Å². The van der Waals surface area contributed by atoms with Gasteiger partial charge in [0.05, 0.1) is 7.57 Å². The first-order valence-corrected chi connectivity index (χ1v) is 8.82. The maximum Gasteiger partial charge on any atom is 0.0753 e. The maximum atomic E-state index is 3.91. The molecule has 1 aliphatic rings. The molecule has 0 bridgehead atoms. The zero-order chi connectivity index (χ0) is 11.9. The van der Waals surface area contributed by atoms with Crippen LogP contribution in [0.4, 0.5) is 0 Å². The van der Waals surface area contributed by atoms with Gasteiger partial charge in [-0.15, -0.1) is 11.3 Å². The second-order valence-electron chi connectivity index (χ2n) is 5.17. The highest BCUT2D eigenvalue weighted by atomic mass is 79.9. The molecule has 0 spiro atoms. The van der Waals surface area contributed by atoms with Crippen LogP contribution in [0.2, 0.25) is 0 Å². The smallest absolute Gasteiger partial charge is 0.0753 e. The SMILES string of the molecule is CC1(C)CCCC1C(Br)c1cc(Br)sc1Br. The average molecular weight is 431 g/mol. The molecule has 1 aliphatic carbocycles. The summed E-state index contributed by atoms with van der Waals surface area (Å²) in [6, 6.07) is 2.24. The molecular formula is C12H15Br3S. The molecule has 1 aromatic heterocycles. The quantitative estimate of drug-likeness (QED) is 0.467. The van der Waals surface area contributed by atoms with Gasteiger partial charge in [0.2, 0.25) is 0 Å². The fourth-order valence-corrected chi connectivity index (χ4v) is 7.38. The van der Waals surface area contributed by atoms with Crippen molar-refractivity contribution in [3.63, 3.8) is 0 Å². The number of alkyl halides is 1. The van der Waals surface area contributed by atoms with Crippen molar-refractivity contribution in [2.24, 2.45) is 11.3 Å². The van der Waals surface area contributed by atoms with E-state index in [-0.39, 0.29) is 0 Å². The van der Waals surface area contributed by atoms with Crippen LogP contribution in [-0.2, 0) is 0 Å². The zero-order valence-corrected chi connectivity index (χ0v) is 15.0. The predicted octanol–water partition coefficient (Wildman–Crippen LogP) is 6.54. The Kier molecular flexibility index (Phi) is 4.26. The van der Waals surface area contributed by atoms with Crippen molar-refractivity contribution in [2.75, 3.05) is 0 Å². The molecule has 1 aromatic rings. The molecule has 2 atom stereocenters. The van der Waals surface area contributed by atoms with Gasteiger partial charge >= 0.3 is 0 Å². The first-order valence-electron chi connectivity index (χ1n) is 5.50. The van der Waals surface area contributed by atoms with Gasteiger partial charge in [0.1, 0.15) is 0 Å². The minimum atomic E-state index is 0.460. The summed E-state index contributed by atoms with van der Waals surface area (Å²) in [6.07, 6.45) is 4.05. The van der Waals surface area contributed by atoms with Crippen LogP contribution in [0.5, 0.6) is 0 Å². The summed E-state index contributed by atoms with van der Waals surface area (Å²) in [7, 11) is 0. The molecule has 2 rings (SSSR count). The van der Waals surface area contributed by atoms with E-state index >= 15 is 0 Å². The van der Waals surface area contributed by atoms with Crippen molar-refractivity contribution in [2.45, 2.75) is 37.9 Å². The summed E-state index contributed by atoms with van der Waals surface area (Å²) >= 11 is 12.9. The van der Waals surface area contributed by atoms with Gasteiger partial charge in [-0.05, 0) is 67.7 Å². The molecule has 1 saturated carbocycles. The van der Waals surface area contributed by atoms with Crippen LogP contribution in [0.25, 0.3) is 0 Å². The summed E-state index contributed by atoms with van der Waals surface area (Å²) in [5.41, 5.74) is 1.86. The van der Waals surface area contributed by atoms with Gasteiger partial charge in [-0.1, -0.05) is 36.2 Å². The van der Waals surface area contributed by atoms with Crippen molar-refractivity contribution in [1.82, 2.24) is 0 Å². The van der Waals surface area contributed by atoms with Gasteiger partial charge in [-0.3, -0.25) is 0 Å². The third-order valence-electron chi connectivity index (χ3n) is 3.67. The zero-order valence-electron chi connectivity index (χ0n) is 9.40. The van der Waals surface area contributed by atoms with E-state index in [1.165, 1.54) is 32.4 Å². The van der Waals surface area contributed by atoms with E-state index < -0.39 is 0 Å². The monoisotopic (exact) mass is 428 g/mol. The number of hydrogen-bond donors (Lipinski definition) is 0. The van der Waals surface area contributed by atoms with E-state index in [0.717, 1.165) is 5.92 Å². The van der Waals surface area contributed by atoms with Crippen LogP contribution in [-0.4, -0.2) is 0 Å². The Labute approximate surface area is 127 Å². The number of halogens is 3. The minimum absolute atomic E-state index is 0.460. The molecule has 0 saturated heterocycles. The summed E-state index contributed by atoms with van der Waals surface area (Å²) in [6.45, 7) is 4.79. The molecule has 90 valence electrons. The van der Waals surface area contributed by atoms with Gasteiger partial charge in [0.15, 0.2) is 0 Å². The van der Waals surface area contributed by atoms with Crippen molar-refractivity contribution < 1.29 is 0 Å². The third-order valence-corrected chi connectivity index (χ3v) is 7.19. The summed E-state index contributed by atoms with van der Waals surface area (Å²) in [4.78, 5) is 0.474. The summed E-state index contributed by atoms with van der Waals surface area (Å²) < 4.78 is 2.46. The van der Waals surface area contributed by atoms with Gasteiger partial charge in [-0.25, -0.2) is 0 Å². The molecule has 2 unspecified atom stereocenters. The van der Waals surface area contributed by atoms with Crippen LogP contribution in [0, 0.1) is 11.3 Å². The Morgan fingerprint density at radius 1 is 1.44 bits per heavy atom. The summed E-state index contributed by atoms with van der Waals surface area (Å²) in [5, 5.41) is 0. The van der Waals surface area contributed by atoms with Crippen molar-refractivity contribution in [3.05, 3.63) is 19.2 Å². The Hall–Kier alpha value is 1.14. The van der Waals surface area contributed by atoms with Gasteiger partial charge in [0.25, 0.3) is 0 Å². The molecule has 0 amide bonds. The largest absolute Gasteiger partial charge is 0.121 e. The molecule has 0 radical (unpaired) electrons. The fraction of sp³-hybridized carbons (Fsp3) is 0.667. The molecule has 0 nitrogen and oxygen atoms in total. The topological polar surface area (TPSA) is 0 Å². The van der Waals surface area contributed by atoms with Crippen LogP contribution in [0.1, 0.15) is 43.5 Å². The normalized spacial score (nSPS) is 25.9. The highest BCUT2D eigenvalue weighted by molar-refractivity contribution is 9.12. The molecule has 0 aliphatic heterocycles. The Balaban J connectivity index is 2.25. The molecule has 0 aromatic carbocycles. The first-order chi connectivity index (χ1) is 7.42. The van der Waals surface area contributed by atoms with Crippen molar-refractivity contribution in [1.29, 1.82) is 0 Å². The number of rotatable bonds is 2. The predicted molar refractivity (Wildman–Crippen MR) is 82.5 cm³/mol. The lowest BCUT2D eigenvalue weighted by Crippen LogP contribution is -2.21. The molecule has 0 N–H and O–H groups in total. The average Bonchev–Trinajstić information content (AvgIpc) is 2.68. The molecule has 4 heteroatoms. The lowest BCUT2D eigenvalue weighted by molar-refractivity contribution is 0.257. The van der Waals surface area contributed by atoms with Gasteiger partial charge < -0.3 is 0 Å². The van der Waals surface area contributed by atoms with Crippen LogP contribution >= 0.6 is 59.1 Å². The highest BCUT2D eigenvalue weighted by Gasteiger charge is 2.39. The summed E-state index contributed by atoms with van der Waals surface area (Å²) in [5.74, 6) is 0.741. The molecular weight excluding hydrogens is 416 g/mol. The number of hydrogen-bond acceptors (Lipinski definition) is 1. The maximum absolute atomic E-state index is 3.91. The van der Waals surface area contributed by atoms with Gasteiger partial charge in [0, 0.05) is 4.83 Å². The van der Waals surface area contributed by atoms with Gasteiger partial charge in [-0.2, -0.15) is 0 Å². The van der Waals surface area contributed by atoms with Crippen LogP contribution < -0.4 is 0 Å². The second kappa shape index (κ2) is 5.02. The van der Waals surface area contributed by atoms with Crippen LogP contribution in [0.15, 0.2) is 13.6 Å². The standard InChI is InChI=1S/C12H15Br3S/c1-12(2)5-3-4-8(12)10(14)7-6-9(13)16-11(7)15/h6,8,10H,3-5H2,1-2H3. The first kappa shape index (κ1) is 13.6. The van der Waals surface area contributed by atoms with Crippen LogP contribution in [0.3, 0.4) is 0 Å². The molecule has 1 heterocycles. The van der Waals surface area contributed by atoms with Crippen molar-refractivity contribution in [3.8, 4) is 0 Å². The number of thiophene rings is 1. The van der Waals surface area contributed by atoms with E-state index in [9.17, 15) is 0 Å². The minimum Gasteiger partial charge on any atom is -0.121 e. The lowest BCUT2D eigenvalue weighted by atomic mass is 9.79. The van der Waals surface area contributed by atoms with E-state index in [1.54, 1.807) is 11.3 Å². The Morgan fingerprint density at radius 2 is 2.12 bits per heavy atom. The van der Waals surface area contributed by atoms with Crippen molar-refractivity contribution >= 4 is 59.1 Å². The fourth-order valence-electron chi connectivity index (χ4n) is 2.65. The van der Waals surface area contributed by atoms with E-state index in [2.05, 4.69) is 67.7 Å². The third kappa shape index (κ3) is 2.60. The molecule has 16 heavy (non-hydrogen) atoms. The Morgan fingerprint density at radius 3 is 2.56 bits per heavy atom. The highest BCUT2D eigenvalue weighted by Crippen LogP contribution is 2.54. The Bertz CT molecular complexity index is 384. The second-order valence-corrected chi connectivity index (χ2v) is 9.90. The van der Waals surface area contributed by atoms with E-state index in [1.807, 2.05) is 0 Å². The molecule has 1 fully saturated rings. The lowest BCUT2D eigenvalue weighted by Gasteiger charge is -2.31. The van der Waals surface area contributed by atoms with E-state index in [0.29, 0.717) is 10.2 Å².